The third-order valence-electron chi connectivity index (χ3n) is 4.93. The van der Waals surface area contributed by atoms with E-state index < -0.39 is 0 Å². The molecule has 1 N–H and O–H groups in total. The quantitative estimate of drug-likeness (QED) is 0.760. The molecule has 0 bridgehead atoms. The summed E-state index contributed by atoms with van der Waals surface area (Å²) in [6.07, 6.45) is 4.60. The third kappa shape index (κ3) is 6.73. The Hall–Kier alpha value is -2.63. The average molecular weight is 412 g/mol. The number of benzene rings is 2. The molecule has 1 aliphatic rings. The van der Waals surface area contributed by atoms with Crippen LogP contribution in [0.4, 0.5) is 0 Å². The van der Waals surface area contributed by atoms with Gasteiger partial charge in [-0.3, -0.25) is 14.5 Å². The molecule has 0 aromatic heterocycles. The summed E-state index contributed by atoms with van der Waals surface area (Å²) in [4.78, 5) is 28.7. The van der Waals surface area contributed by atoms with Crippen molar-refractivity contribution in [2.24, 2.45) is 0 Å². The number of nitrogens with one attached hydrogen (secondary N) is 1. The molecule has 0 saturated carbocycles. The first-order valence-corrected chi connectivity index (χ1v) is 10.2. The Balaban J connectivity index is 1.34. The predicted octanol–water partition coefficient (Wildman–Crippen LogP) is 3.32. The lowest BCUT2D eigenvalue weighted by Gasteiger charge is -2.34. The molecular formula is C23H26ClN3O2. The van der Waals surface area contributed by atoms with Gasteiger partial charge in [0.15, 0.2) is 0 Å². The standard InChI is InChI=1S/C23H26ClN3O2/c24-21-10-8-20(9-11-21)23(29)25-13-12-22(28)27-17-15-26(16-18-27)14-4-7-19-5-2-1-3-6-19/h1-11H,12-18H2,(H,25,29). The Kier molecular flexibility index (Phi) is 7.85. The van der Waals surface area contributed by atoms with Crippen LogP contribution in [0.15, 0.2) is 60.7 Å². The van der Waals surface area contributed by atoms with Gasteiger partial charge in [0.2, 0.25) is 5.91 Å². The first-order chi connectivity index (χ1) is 14.1. The summed E-state index contributed by atoms with van der Waals surface area (Å²) in [5.41, 5.74) is 1.74. The van der Waals surface area contributed by atoms with Gasteiger partial charge in [-0.2, -0.15) is 0 Å². The smallest absolute Gasteiger partial charge is 0.251 e. The first-order valence-electron chi connectivity index (χ1n) is 9.87. The number of carbonyl (C=O) groups is 2. The maximum absolute atomic E-state index is 12.4. The molecule has 0 spiro atoms. The molecule has 3 rings (SSSR count). The molecule has 2 amide bonds. The van der Waals surface area contributed by atoms with Crippen molar-refractivity contribution in [2.45, 2.75) is 6.42 Å². The maximum atomic E-state index is 12.4. The second-order valence-corrected chi connectivity index (χ2v) is 7.44. The zero-order valence-electron chi connectivity index (χ0n) is 16.4. The number of nitrogens with zero attached hydrogens (tertiary/aromatic N) is 2. The van der Waals surface area contributed by atoms with Gasteiger partial charge >= 0.3 is 0 Å². The van der Waals surface area contributed by atoms with Crippen LogP contribution in [-0.4, -0.2) is 60.9 Å². The van der Waals surface area contributed by atoms with Crippen LogP contribution in [-0.2, 0) is 4.79 Å². The Morgan fingerprint density at radius 3 is 2.34 bits per heavy atom. The van der Waals surface area contributed by atoms with Crippen molar-refractivity contribution in [1.29, 1.82) is 0 Å². The Bertz CT molecular complexity index is 829. The van der Waals surface area contributed by atoms with E-state index in [-0.39, 0.29) is 11.8 Å². The summed E-state index contributed by atoms with van der Waals surface area (Å²) in [5, 5.41) is 3.38. The SMILES string of the molecule is O=C(NCCC(=O)N1CCN(CC=Cc2ccccc2)CC1)c1ccc(Cl)cc1. The van der Waals surface area contributed by atoms with Gasteiger partial charge in [-0.25, -0.2) is 0 Å². The molecule has 5 nitrogen and oxygen atoms in total. The van der Waals surface area contributed by atoms with Crippen LogP contribution < -0.4 is 5.32 Å². The highest BCUT2D eigenvalue weighted by atomic mass is 35.5. The minimum Gasteiger partial charge on any atom is -0.352 e. The van der Waals surface area contributed by atoms with Crippen molar-refractivity contribution in [3.63, 3.8) is 0 Å². The number of hydrogen-bond acceptors (Lipinski definition) is 3. The number of piperazine rings is 1. The summed E-state index contributed by atoms with van der Waals surface area (Å²) in [6.45, 7) is 4.39. The Morgan fingerprint density at radius 2 is 1.66 bits per heavy atom. The van der Waals surface area contributed by atoms with Crippen LogP contribution in [0, 0.1) is 0 Å². The van der Waals surface area contributed by atoms with E-state index in [2.05, 4.69) is 34.5 Å². The normalized spacial score (nSPS) is 14.9. The summed E-state index contributed by atoms with van der Waals surface area (Å²) in [5.74, 6) is -0.106. The second-order valence-electron chi connectivity index (χ2n) is 7.01. The van der Waals surface area contributed by atoms with Crippen molar-refractivity contribution in [2.75, 3.05) is 39.3 Å². The summed E-state index contributed by atoms with van der Waals surface area (Å²) in [6, 6.07) is 16.9. The van der Waals surface area contributed by atoms with Crippen LogP contribution in [0.2, 0.25) is 5.02 Å². The van der Waals surface area contributed by atoms with Gasteiger partial charge in [0.05, 0.1) is 0 Å². The number of hydrogen-bond donors (Lipinski definition) is 1. The molecule has 2 aromatic rings. The molecule has 2 aromatic carbocycles. The fourth-order valence-electron chi connectivity index (χ4n) is 3.23. The van der Waals surface area contributed by atoms with E-state index in [1.807, 2.05) is 23.1 Å². The van der Waals surface area contributed by atoms with Gasteiger partial charge in [-0.1, -0.05) is 54.1 Å². The highest BCUT2D eigenvalue weighted by molar-refractivity contribution is 6.30. The molecule has 0 radical (unpaired) electrons. The van der Waals surface area contributed by atoms with Crippen molar-refractivity contribution < 1.29 is 9.59 Å². The lowest BCUT2D eigenvalue weighted by atomic mass is 10.2. The molecule has 29 heavy (non-hydrogen) atoms. The average Bonchev–Trinajstić information content (AvgIpc) is 2.75. The minimum absolute atomic E-state index is 0.0842. The Labute approximate surface area is 177 Å². The van der Waals surface area contributed by atoms with E-state index in [4.69, 9.17) is 11.6 Å². The second kappa shape index (κ2) is 10.8. The van der Waals surface area contributed by atoms with Crippen molar-refractivity contribution in [3.05, 3.63) is 76.8 Å². The van der Waals surface area contributed by atoms with E-state index >= 15 is 0 Å². The lowest BCUT2D eigenvalue weighted by Crippen LogP contribution is -2.49. The topological polar surface area (TPSA) is 52.7 Å². The van der Waals surface area contributed by atoms with Crippen LogP contribution in [0.5, 0.6) is 0 Å². The zero-order valence-corrected chi connectivity index (χ0v) is 17.1. The molecular weight excluding hydrogens is 386 g/mol. The van der Waals surface area contributed by atoms with Gasteiger partial charge in [0.1, 0.15) is 0 Å². The van der Waals surface area contributed by atoms with Gasteiger partial charge in [0.25, 0.3) is 5.91 Å². The van der Waals surface area contributed by atoms with E-state index in [1.165, 1.54) is 5.56 Å². The van der Waals surface area contributed by atoms with Gasteiger partial charge < -0.3 is 10.2 Å². The minimum atomic E-state index is -0.190. The van der Waals surface area contributed by atoms with Gasteiger partial charge in [0, 0.05) is 56.3 Å². The number of carbonyl (C=O) groups excluding carboxylic acids is 2. The fraction of sp³-hybridized carbons (Fsp3) is 0.304. The van der Waals surface area contributed by atoms with Crippen molar-refractivity contribution in [3.8, 4) is 0 Å². The number of amides is 2. The molecule has 152 valence electrons. The summed E-state index contributed by atoms with van der Waals surface area (Å²) in [7, 11) is 0. The molecule has 1 fully saturated rings. The van der Waals surface area contributed by atoms with Crippen LogP contribution >= 0.6 is 11.6 Å². The molecule has 0 atom stereocenters. The molecule has 0 aliphatic carbocycles. The van der Waals surface area contributed by atoms with E-state index in [0.29, 0.717) is 23.6 Å². The largest absolute Gasteiger partial charge is 0.352 e. The van der Waals surface area contributed by atoms with E-state index in [9.17, 15) is 9.59 Å². The predicted molar refractivity (Wildman–Crippen MR) is 117 cm³/mol. The Morgan fingerprint density at radius 1 is 0.966 bits per heavy atom. The van der Waals surface area contributed by atoms with Crippen LogP contribution in [0.25, 0.3) is 6.08 Å². The highest BCUT2D eigenvalue weighted by Gasteiger charge is 2.20. The van der Waals surface area contributed by atoms with E-state index in [0.717, 1.165) is 32.7 Å². The molecule has 6 heteroatoms. The molecule has 0 unspecified atom stereocenters. The number of rotatable bonds is 7. The highest BCUT2D eigenvalue weighted by Crippen LogP contribution is 2.09. The van der Waals surface area contributed by atoms with Crippen LogP contribution in [0.1, 0.15) is 22.3 Å². The lowest BCUT2D eigenvalue weighted by molar-refractivity contribution is -0.132. The third-order valence-corrected chi connectivity index (χ3v) is 5.18. The maximum Gasteiger partial charge on any atom is 0.251 e. The zero-order chi connectivity index (χ0) is 20.5. The van der Waals surface area contributed by atoms with Crippen molar-refractivity contribution >= 4 is 29.5 Å². The van der Waals surface area contributed by atoms with E-state index in [1.54, 1.807) is 24.3 Å². The number of halogens is 1. The van der Waals surface area contributed by atoms with Crippen molar-refractivity contribution in [1.82, 2.24) is 15.1 Å². The molecule has 1 aliphatic heterocycles. The van der Waals surface area contributed by atoms with Crippen LogP contribution in [0.3, 0.4) is 0 Å². The first kappa shape index (κ1) is 21.1. The van der Waals surface area contributed by atoms with Gasteiger partial charge in [-0.15, -0.1) is 0 Å². The summed E-state index contributed by atoms with van der Waals surface area (Å²) < 4.78 is 0. The van der Waals surface area contributed by atoms with Gasteiger partial charge in [-0.05, 0) is 29.8 Å². The summed E-state index contributed by atoms with van der Waals surface area (Å²) >= 11 is 5.83. The monoisotopic (exact) mass is 411 g/mol. The molecule has 1 heterocycles. The fourth-order valence-corrected chi connectivity index (χ4v) is 3.35. The molecule has 1 saturated heterocycles.